The van der Waals surface area contributed by atoms with Crippen molar-refractivity contribution < 1.29 is 0 Å². The highest BCUT2D eigenvalue weighted by Crippen LogP contribution is 2.30. The minimum atomic E-state index is 0.418. The molecule has 0 spiro atoms. The van der Waals surface area contributed by atoms with E-state index in [0.717, 1.165) is 12.8 Å². The Balaban J connectivity index is 1.84. The smallest absolute Gasteiger partial charge is 0.0249 e. The van der Waals surface area contributed by atoms with Crippen molar-refractivity contribution in [1.29, 1.82) is 0 Å². The molecular weight excluding hydrogens is 473 g/mol. The van der Waals surface area contributed by atoms with Gasteiger partial charge in [0, 0.05) is 15.0 Å². The third kappa shape index (κ3) is 12.7. The van der Waals surface area contributed by atoms with Crippen molar-refractivity contribution in [2.45, 2.75) is 48.7 Å². The summed E-state index contributed by atoms with van der Waals surface area (Å²) in [5, 5.41) is 0.418. The fraction of sp³-hybridized carbons (Fsp3) is 0.176. The van der Waals surface area contributed by atoms with Crippen molar-refractivity contribution in [1.82, 2.24) is 0 Å². The van der Waals surface area contributed by atoms with Crippen LogP contribution in [-0.2, 0) is 0 Å². The highest BCUT2D eigenvalue weighted by molar-refractivity contribution is 8.03. The second-order valence-electron chi connectivity index (χ2n) is 8.08. The Bertz CT molecular complexity index is 1100. The molecule has 0 nitrogen and oxygen atoms in total. The fourth-order valence-electron chi connectivity index (χ4n) is 3.18. The Kier molecular flexibility index (Phi) is 14.9. The SMILES string of the molecule is C=C/C=C\C/C=C\C=C/C(C)Sc1ccc(-c2ccc(S/C(C)=C/C=C\C/C=C\C=C/C)cc2)cc1. The van der Waals surface area contributed by atoms with Gasteiger partial charge in [-0.15, -0.1) is 11.8 Å². The number of thioether (sulfide) groups is 2. The summed E-state index contributed by atoms with van der Waals surface area (Å²) in [5.74, 6) is 0. The van der Waals surface area contributed by atoms with Crippen molar-refractivity contribution in [2.24, 2.45) is 0 Å². The normalized spacial score (nSPS) is 13.9. The lowest BCUT2D eigenvalue weighted by molar-refractivity contribution is 1.23. The second-order valence-corrected chi connectivity index (χ2v) is 10.9. The van der Waals surface area contributed by atoms with Gasteiger partial charge < -0.3 is 0 Å². The molecule has 0 saturated carbocycles. The van der Waals surface area contributed by atoms with Crippen LogP contribution in [0.15, 0.2) is 155 Å². The molecule has 0 N–H and O–H groups in total. The standard InChI is InChI=1S/C34H38S2/c1-5-7-9-11-13-15-17-19-29(3)35-33-25-21-31(22-26-33)32-23-27-34(28-24-32)36-30(4)20-18-16-14-12-10-8-6-2/h5-10,12-13,15-29H,1,11,14H2,2-4H3/b8-6-,9-7-,12-10-,15-13-,18-16-,19-17-,30-20+. The lowest BCUT2D eigenvalue weighted by Crippen LogP contribution is -1.89. The molecule has 2 aromatic rings. The molecule has 1 atom stereocenters. The van der Waals surface area contributed by atoms with Crippen molar-refractivity contribution in [3.05, 3.63) is 145 Å². The molecule has 0 radical (unpaired) electrons. The molecule has 186 valence electrons. The first-order valence-corrected chi connectivity index (χ1v) is 14.1. The Morgan fingerprint density at radius 3 is 1.92 bits per heavy atom. The van der Waals surface area contributed by atoms with Crippen LogP contribution in [-0.4, -0.2) is 5.25 Å². The van der Waals surface area contributed by atoms with Crippen LogP contribution in [0.5, 0.6) is 0 Å². The zero-order chi connectivity index (χ0) is 25.8. The van der Waals surface area contributed by atoms with Gasteiger partial charge in [0.2, 0.25) is 0 Å². The molecule has 36 heavy (non-hydrogen) atoms. The van der Waals surface area contributed by atoms with Crippen molar-refractivity contribution >= 4 is 23.5 Å². The summed E-state index contributed by atoms with van der Waals surface area (Å²) in [5.41, 5.74) is 2.49. The predicted octanol–water partition coefficient (Wildman–Crippen LogP) is 11.2. The zero-order valence-electron chi connectivity index (χ0n) is 21.7. The van der Waals surface area contributed by atoms with Crippen LogP contribution in [0.25, 0.3) is 11.1 Å². The third-order valence-electron chi connectivity index (χ3n) is 5.00. The molecule has 2 aromatic carbocycles. The number of rotatable bonds is 14. The van der Waals surface area contributed by atoms with Gasteiger partial charge in [-0.1, -0.05) is 128 Å². The van der Waals surface area contributed by atoms with Crippen molar-refractivity contribution in [3.63, 3.8) is 0 Å². The molecule has 0 fully saturated rings. The Morgan fingerprint density at radius 1 is 0.750 bits per heavy atom. The first kappa shape index (κ1) is 29.3. The molecule has 0 aliphatic carbocycles. The van der Waals surface area contributed by atoms with Gasteiger partial charge in [0.05, 0.1) is 0 Å². The van der Waals surface area contributed by atoms with Crippen LogP contribution in [0.4, 0.5) is 0 Å². The lowest BCUT2D eigenvalue weighted by atomic mass is 10.1. The number of allylic oxidation sites excluding steroid dienone is 14. The van der Waals surface area contributed by atoms with E-state index in [1.165, 1.54) is 25.8 Å². The van der Waals surface area contributed by atoms with Crippen LogP contribution < -0.4 is 0 Å². The summed E-state index contributed by atoms with van der Waals surface area (Å²) in [6.45, 7) is 10.1. The molecule has 0 saturated heterocycles. The van der Waals surface area contributed by atoms with E-state index in [1.54, 1.807) is 17.8 Å². The Labute approximate surface area is 227 Å². The topological polar surface area (TPSA) is 0 Å². The Hall–Kier alpha value is -2.94. The van der Waals surface area contributed by atoms with Gasteiger partial charge in [-0.3, -0.25) is 0 Å². The van der Waals surface area contributed by atoms with E-state index in [2.05, 4.69) is 130 Å². The van der Waals surface area contributed by atoms with Gasteiger partial charge in [-0.05, 0) is 73.9 Å². The highest BCUT2D eigenvalue weighted by Gasteiger charge is 2.03. The maximum Gasteiger partial charge on any atom is 0.0249 e. The minimum absolute atomic E-state index is 0.418. The summed E-state index contributed by atoms with van der Waals surface area (Å²) >= 11 is 3.67. The summed E-state index contributed by atoms with van der Waals surface area (Å²) < 4.78 is 0. The average molecular weight is 511 g/mol. The minimum Gasteiger partial charge on any atom is -0.119 e. The molecule has 1 unspecified atom stereocenters. The maximum atomic E-state index is 3.68. The van der Waals surface area contributed by atoms with Crippen LogP contribution >= 0.6 is 23.5 Å². The largest absolute Gasteiger partial charge is 0.119 e. The first-order chi connectivity index (χ1) is 17.6. The molecule has 0 aliphatic rings. The van der Waals surface area contributed by atoms with Crippen LogP contribution in [0.1, 0.15) is 33.6 Å². The Morgan fingerprint density at radius 2 is 1.31 bits per heavy atom. The summed E-state index contributed by atoms with van der Waals surface area (Å²) in [4.78, 5) is 3.82. The lowest BCUT2D eigenvalue weighted by Gasteiger charge is -2.08. The van der Waals surface area contributed by atoms with Crippen molar-refractivity contribution in [3.8, 4) is 11.1 Å². The van der Waals surface area contributed by atoms with Crippen LogP contribution in [0.3, 0.4) is 0 Å². The average Bonchev–Trinajstić information content (AvgIpc) is 2.88. The predicted molar refractivity (Wildman–Crippen MR) is 167 cm³/mol. The third-order valence-corrected chi connectivity index (χ3v) is 7.03. The summed E-state index contributed by atoms with van der Waals surface area (Å²) in [6, 6.07) is 17.7. The van der Waals surface area contributed by atoms with E-state index in [0.29, 0.717) is 5.25 Å². The van der Waals surface area contributed by atoms with Gasteiger partial charge in [0.15, 0.2) is 0 Å². The first-order valence-electron chi connectivity index (χ1n) is 12.4. The second kappa shape index (κ2) is 18.3. The summed E-state index contributed by atoms with van der Waals surface area (Å²) in [6.07, 6.45) is 31.1. The van der Waals surface area contributed by atoms with E-state index in [-0.39, 0.29) is 0 Å². The number of benzene rings is 2. The molecule has 2 heteroatoms. The molecule has 0 amide bonds. The van der Waals surface area contributed by atoms with Crippen LogP contribution in [0.2, 0.25) is 0 Å². The maximum absolute atomic E-state index is 3.68. The highest BCUT2D eigenvalue weighted by atomic mass is 32.2. The molecule has 2 rings (SSSR count). The van der Waals surface area contributed by atoms with E-state index < -0.39 is 0 Å². The monoisotopic (exact) mass is 510 g/mol. The van der Waals surface area contributed by atoms with E-state index in [9.17, 15) is 0 Å². The van der Waals surface area contributed by atoms with E-state index >= 15 is 0 Å². The zero-order valence-corrected chi connectivity index (χ0v) is 23.3. The van der Waals surface area contributed by atoms with E-state index in [4.69, 9.17) is 0 Å². The number of hydrogen-bond acceptors (Lipinski definition) is 2. The fourth-order valence-corrected chi connectivity index (χ4v) is 4.86. The van der Waals surface area contributed by atoms with Gasteiger partial charge >= 0.3 is 0 Å². The molecule has 0 heterocycles. The molecule has 0 aliphatic heterocycles. The number of hydrogen-bond donors (Lipinski definition) is 0. The van der Waals surface area contributed by atoms with Crippen LogP contribution in [0, 0.1) is 0 Å². The van der Waals surface area contributed by atoms with Gasteiger partial charge in [0.25, 0.3) is 0 Å². The molecular formula is C34H38S2. The van der Waals surface area contributed by atoms with E-state index in [1.807, 2.05) is 36.9 Å². The molecule has 0 aromatic heterocycles. The van der Waals surface area contributed by atoms with Gasteiger partial charge in [0.1, 0.15) is 0 Å². The molecule has 0 bridgehead atoms. The quantitative estimate of drug-likeness (QED) is 0.183. The summed E-state index contributed by atoms with van der Waals surface area (Å²) in [7, 11) is 0. The van der Waals surface area contributed by atoms with Crippen molar-refractivity contribution in [2.75, 3.05) is 0 Å². The van der Waals surface area contributed by atoms with Gasteiger partial charge in [-0.2, -0.15) is 0 Å². The van der Waals surface area contributed by atoms with Gasteiger partial charge in [-0.25, -0.2) is 0 Å².